The highest BCUT2D eigenvalue weighted by Crippen LogP contribution is 2.38. The van der Waals surface area contributed by atoms with Gasteiger partial charge in [0.2, 0.25) is 5.91 Å². The van der Waals surface area contributed by atoms with Gasteiger partial charge in [-0.2, -0.15) is 0 Å². The van der Waals surface area contributed by atoms with Gasteiger partial charge in [-0.05, 0) is 76.6 Å². The van der Waals surface area contributed by atoms with Crippen molar-refractivity contribution in [1.29, 1.82) is 0 Å². The van der Waals surface area contributed by atoms with Crippen molar-refractivity contribution in [3.63, 3.8) is 0 Å². The summed E-state index contributed by atoms with van der Waals surface area (Å²) in [4.78, 5) is 30.0. The summed E-state index contributed by atoms with van der Waals surface area (Å²) >= 11 is 0. The molecule has 1 N–H and O–H groups in total. The van der Waals surface area contributed by atoms with Crippen LogP contribution in [0.4, 0.5) is 4.39 Å². The number of halogens is 1. The van der Waals surface area contributed by atoms with E-state index in [1.54, 1.807) is 6.07 Å². The molecule has 2 fully saturated rings. The molecule has 0 bridgehead atoms. The fourth-order valence-electron chi connectivity index (χ4n) is 5.57. The van der Waals surface area contributed by atoms with Crippen LogP contribution in [0.25, 0.3) is 0 Å². The van der Waals surface area contributed by atoms with E-state index in [4.69, 9.17) is 0 Å². The van der Waals surface area contributed by atoms with Gasteiger partial charge in [0.15, 0.2) is 0 Å². The number of piperidine rings is 1. The van der Waals surface area contributed by atoms with E-state index in [2.05, 4.69) is 24.1 Å². The van der Waals surface area contributed by atoms with E-state index >= 15 is 0 Å². The van der Waals surface area contributed by atoms with Crippen molar-refractivity contribution < 1.29 is 14.0 Å². The van der Waals surface area contributed by atoms with Crippen molar-refractivity contribution >= 4 is 11.8 Å². The standard InChI is InChI=1S/C26H36FN3O2/c1-18(2)30-24-10-6-4-8-21(24)22(26(30)32)15-25(31)28-16-19-11-13-29(14-12-19)17-20-7-3-5-9-23(20)27/h3,5,7,9,18-19,24H,4,6,8,10-17H2,1-2H3,(H,28,31). The van der Waals surface area contributed by atoms with Crippen LogP contribution in [0, 0.1) is 11.7 Å². The molecule has 2 aliphatic heterocycles. The second kappa shape index (κ2) is 10.2. The molecule has 6 heteroatoms. The Balaban J connectivity index is 1.25. The van der Waals surface area contributed by atoms with Crippen LogP contribution in [-0.4, -0.2) is 53.3 Å². The Morgan fingerprint density at radius 1 is 1.16 bits per heavy atom. The number of nitrogens with one attached hydrogen (secondary N) is 1. The van der Waals surface area contributed by atoms with Crippen LogP contribution in [-0.2, 0) is 16.1 Å². The molecule has 3 aliphatic rings. The van der Waals surface area contributed by atoms with Gasteiger partial charge in [-0.25, -0.2) is 4.39 Å². The van der Waals surface area contributed by atoms with Gasteiger partial charge in [-0.3, -0.25) is 14.5 Å². The zero-order valence-electron chi connectivity index (χ0n) is 19.4. The summed E-state index contributed by atoms with van der Waals surface area (Å²) in [6.07, 6.45) is 6.43. The molecule has 2 heterocycles. The molecular formula is C26H36FN3O2. The van der Waals surface area contributed by atoms with Crippen molar-refractivity contribution in [3.8, 4) is 0 Å². The number of benzene rings is 1. The molecule has 1 aromatic rings. The SMILES string of the molecule is CC(C)N1C(=O)C(CC(=O)NCC2CCN(Cc3ccccc3F)CC2)=C2CCCCC21. The minimum atomic E-state index is -0.144. The minimum Gasteiger partial charge on any atom is -0.356 e. The molecule has 0 spiro atoms. The summed E-state index contributed by atoms with van der Waals surface area (Å²) < 4.78 is 13.9. The summed E-state index contributed by atoms with van der Waals surface area (Å²) in [5, 5.41) is 3.09. The Labute approximate surface area is 191 Å². The van der Waals surface area contributed by atoms with Gasteiger partial charge < -0.3 is 10.2 Å². The Morgan fingerprint density at radius 3 is 2.62 bits per heavy atom. The lowest BCUT2D eigenvalue weighted by atomic mass is 9.88. The molecule has 1 aliphatic carbocycles. The molecule has 0 radical (unpaired) electrons. The van der Waals surface area contributed by atoms with Gasteiger partial charge in [0.1, 0.15) is 5.82 Å². The number of hydrogen-bond acceptors (Lipinski definition) is 3. The zero-order chi connectivity index (χ0) is 22.7. The second-order valence-electron chi connectivity index (χ2n) is 9.86. The maximum absolute atomic E-state index is 13.9. The number of carbonyl (C=O) groups is 2. The molecule has 5 nitrogen and oxygen atoms in total. The summed E-state index contributed by atoms with van der Waals surface area (Å²) in [6, 6.07) is 7.33. The summed E-state index contributed by atoms with van der Waals surface area (Å²) in [6.45, 7) is 7.23. The minimum absolute atomic E-state index is 0.0374. The third kappa shape index (κ3) is 5.06. The molecule has 32 heavy (non-hydrogen) atoms. The zero-order valence-corrected chi connectivity index (χ0v) is 19.4. The Bertz CT molecular complexity index is 874. The van der Waals surface area contributed by atoms with E-state index in [1.165, 1.54) is 11.6 Å². The molecule has 1 atom stereocenters. The highest BCUT2D eigenvalue weighted by Gasteiger charge is 2.41. The third-order valence-electron chi connectivity index (χ3n) is 7.33. The van der Waals surface area contributed by atoms with E-state index < -0.39 is 0 Å². The van der Waals surface area contributed by atoms with Crippen molar-refractivity contribution in [2.24, 2.45) is 5.92 Å². The fraction of sp³-hybridized carbons (Fsp3) is 0.615. The molecule has 2 amide bonds. The number of fused-ring (bicyclic) bond motifs is 1. The molecular weight excluding hydrogens is 405 g/mol. The number of hydrogen-bond donors (Lipinski definition) is 1. The van der Waals surface area contributed by atoms with Crippen LogP contribution < -0.4 is 5.32 Å². The van der Waals surface area contributed by atoms with Crippen LogP contribution in [0.3, 0.4) is 0 Å². The summed E-state index contributed by atoms with van der Waals surface area (Å²) in [5.41, 5.74) is 2.71. The number of rotatable bonds is 7. The fourth-order valence-corrected chi connectivity index (χ4v) is 5.57. The smallest absolute Gasteiger partial charge is 0.251 e. The predicted octanol–water partition coefficient (Wildman–Crippen LogP) is 4.03. The van der Waals surface area contributed by atoms with Crippen molar-refractivity contribution in [1.82, 2.24) is 15.1 Å². The lowest BCUT2D eigenvalue weighted by Gasteiger charge is -2.33. The molecule has 1 saturated carbocycles. The molecule has 4 rings (SSSR count). The average molecular weight is 442 g/mol. The van der Waals surface area contributed by atoms with Crippen molar-refractivity contribution in [3.05, 3.63) is 46.8 Å². The Hall–Kier alpha value is -2.21. The van der Waals surface area contributed by atoms with E-state index in [0.717, 1.165) is 62.8 Å². The molecule has 0 aromatic heterocycles. The second-order valence-corrected chi connectivity index (χ2v) is 9.86. The third-order valence-corrected chi connectivity index (χ3v) is 7.33. The first kappa shape index (κ1) is 23.0. The summed E-state index contributed by atoms with van der Waals surface area (Å²) in [5.74, 6) is 0.320. The van der Waals surface area contributed by atoms with Crippen LogP contribution in [0.5, 0.6) is 0 Å². The van der Waals surface area contributed by atoms with Crippen molar-refractivity contribution in [2.45, 2.75) is 77.4 Å². The first-order valence-electron chi connectivity index (χ1n) is 12.2. The first-order valence-corrected chi connectivity index (χ1v) is 12.2. The maximum Gasteiger partial charge on any atom is 0.251 e. The van der Waals surface area contributed by atoms with Gasteiger partial charge in [-0.1, -0.05) is 24.6 Å². The van der Waals surface area contributed by atoms with Gasteiger partial charge in [-0.15, -0.1) is 0 Å². The number of nitrogens with zero attached hydrogens (tertiary/aromatic N) is 2. The van der Waals surface area contributed by atoms with Gasteiger partial charge in [0.25, 0.3) is 5.91 Å². The molecule has 1 saturated heterocycles. The summed E-state index contributed by atoms with van der Waals surface area (Å²) in [7, 11) is 0. The lowest BCUT2D eigenvalue weighted by Crippen LogP contribution is -2.42. The van der Waals surface area contributed by atoms with Crippen LogP contribution in [0.2, 0.25) is 0 Å². The van der Waals surface area contributed by atoms with Gasteiger partial charge >= 0.3 is 0 Å². The van der Waals surface area contributed by atoms with E-state index in [1.807, 2.05) is 17.0 Å². The maximum atomic E-state index is 13.9. The molecule has 1 unspecified atom stereocenters. The normalized spacial score (nSPS) is 22.6. The predicted molar refractivity (Wildman–Crippen MR) is 123 cm³/mol. The number of carbonyl (C=O) groups excluding carboxylic acids is 2. The number of amides is 2. The topological polar surface area (TPSA) is 52.7 Å². The highest BCUT2D eigenvalue weighted by atomic mass is 19.1. The average Bonchev–Trinajstić information content (AvgIpc) is 3.06. The van der Waals surface area contributed by atoms with E-state index in [0.29, 0.717) is 19.0 Å². The van der Waals surface area contributed by atoms with Crippen LogP contribution in [0.15, 0.2) is 35.4 Å². The first-order chi connectivity index (χ1) is 15.4. The largest absolute Gasteiger partial charge is 0.356 e. The molecule has 1 aromatic carbocycles. The van der Waals surface area contributed by atoms with E-state index in [-0.39, 0.29) is 36.1 Å². The van der Waals surface area contributed by atoms with Gasteiger partial charge in [0, 0.05) is 30.3 Å². The Morgan fingerprint density at radius 2 is 1.91 bits per heavy atom. The van der Waals surface area contributed by atoms with Crippen LogP contribution >= 0.6 is 0 Å². The van der Waals surface area contributed by atoms with Gasteiger partial charge in [0.05, 0.1) is 12.5 Å². The van der Waals surface area contributed by atoms with Crippen molar-refractivity contribution in [2.75, 3.05) is 19.6 Å². The highest BCUT2D eigenvalue weighted by molar-refractivity contribution is 6.02. The van der Waals surface area contributed by atoms with E-state index in [9.17, 15) is 14.0 Å². The number of likely N-dealkylation sites (tertiary alicyclic amines) is 1. The molecule has 174 valence electrons. The quantitative estimate of drug-likeness (QED) is 0.695. The van der Waals surface area contributed by atoms with Crippen LogP contribution in [0.1, 0.15) is 64.4 Å². The lowest BCUT2D eigenvalue weighted by molar-refractivity contribution is -0.130. The monoisotopic (exact) mass is 441 g/mol. The Kier molecular flexibility index (Phi) is 7.29.